The van der Waals surface area contributed by atoms with E-state index < -0.39 is 6.04 Å². The Morgan fingerprint density at radius 3 is 2.47 bits per heavy atom. The normalized spacial score (nSPS) is 15.0. The van der Waals surface area contributed by atoms with Gasteiger partial charge in [0.15, 0.2) is 0 Å². The van der Waals surface area contributed by atoms with Gasteiger partial charge in [0.25, 0.3) is 5.91 Å². The maximum atomic E-state index is 13.5. The zero-order valence-corrected chi connectivity index (χ0v) is 18.3. The predicted molar refractivity (Wildman–Crippen MR) is 126 cm³/mol. The Morgan fingerprint density at radius 1 is 0.938 bits per heavy atom. The molecule has 1 heterocycles. The number of carbonyl (C=O) groups is 3. The van der Waals surface area contributed by atoms with Crippen LogP contribution in [0.3, 0.4) is 0 Å². The summed E-state index contributed by atoms with van der Waals surface area (Å²) in [7, 11) is 0. The zero-order chi connectivity index (χ0) is 22.8. The maximum Gasteiger partial charge on any atom is 0.259 e. The van der Waals surface area contributed by atoms with Crippen molar-refractivity contribution in [3.05, 3.63) is 89.0 Å². The maximum absolute atomic E-state index is 13.5. The fourth-order valence-corrected chi connectivity index (χ4v) is 3.85. The number of nitrogens with zero attached hydrogens (tertiary/aromatic N) is 1. The summed E-state index contributed by atoms with van der Waals surface area (Å²) in [4.78, 5) is 40.8. The third kappa shape index (κ3) is 4.25. The number of hydrogen-bond donors (Lipinski definition) is 2. The van der Waals surface area contributed by atoms with Gasteiger partial charge in [-0.2, -0.15) is 0 Å². The van der Waals surface area contributed by atoms with Crippen molar-refractivity contribution in [2.75, 3.05) is 15.5 Å². The molecule has 3 aromatic carbocycles. The third-order valence-corrected chi connectivity index (χ3v) is 5.69. The Labute approximate surface area is 187 Å². The summed E-state index contributed by atoms with van der Waals surface area (Å²) >= 11 is 0. The number of para-hydroxylation sites is 2. The number of benzene rings is 3. The predicted octanol–water partition coefficient (Wildman–Crippen LogP) is 4.61. The lowest BCUT2D eigenvalue weighted by molar-refractivity contribution is -0.122. The Hall–Kier alpha value is -3.93. The van der Waals surface area contributed by atoms with Gasteiger partial charge in [-0.25, -0.2) is 0 Å². The highest BCUT2D eigenvalue weighted by Gasteiger charge is 2.38. The highest BCUT2D eigenvalue weighted by Crippen LogP contribution is 2.34. The highest BCUT2D eigenvalue weighted by molar-refractivity contribution is 6.17. The number of carbonyl (C=O) groups excluding carboxylic acids is 3. The molecule has 0 radical (unpaired) electrons. The van der Waals surface area contributed by atoms with Crippen LogP contribution in [0, 0.1) is 20.8 Å². The Kier molecular flexibility index (Phi) is 5.77. The van der Waals surface area contributed by atoms with Crippen LogP contribution in [0.1, 0.15) is 33.5 Å². The van der Waals surface area contributed by atoms with Crippen molar-refractivity contribution in [3.8, 4) is 0 Å². The molecule has 2 N–H and O–H groups in total. The molecule has 0 fully saturated rings. The van der Waals surface area contributed by atoms with E-state index >= 15 is 0 Å². The van der Waals surface area contributed by atoms with E-state index in [0.29, 0.717) is 22.6 Å². The van der Waals surface area contributed by atoms with E-state index in [0.717, 1.165) is 16.7 Å². The van der Waals surface area contributed by atoms with Crippen LogP contribution in [0.15, 0.2) is 66.7 Å². The molecule has 6 heteroatoms. The number of hydrogen-bond acceptors (Lipinski definition) is 3. The summed E-state index contributed by atoms with van der Waals surface area (Å²) < 4.78 is 0. The van der Waals surface area contributed by atoms with Crippen LogP contribution < -0.4 is 15.5 Å². The molecule has 4 rings (SSSR count). The van der Waals surface area contributed by atoms with Gasteiger partial charge in [-0.05, 0) is 68.3 Å². The van der Waals surface area contributed by atoms with Gasteiger partial charge in [0.1, 0.15) is 6.04 Å². The lowest BCUT2D eigenvalue weighted by Crippen LogP contribution is -2.52. The SMILES string of the molecule is Cc1cccc(C(=O)N2c3ccccc3NC(=O)C2CC(=O)Nc2ccc(C)c(C)c2)c1. The first-order valence-corrected chi connectivity index (χ1v) is 10.5. The second-order valence-electron chi connectivity index (χ2n) is 8.12. The van der Waals surface area contributed by atoms with Crippen LogP contribution in [0.25, 0.3) is 0 Å². The number of nitrogens with one attached hydrogen (secondary N) is 2. The molecule has 6 nitrogen and oxygen atoms in total. The molecule has 3 amide bonds. The lowest BCUT2D eigenvalue weighted by Gasteiger charge is -2.36. The molecule has 162 valence electrons. The van der Waals surface area contributed by atoms with Crippen molar-refractivity contribution in [2.24, 2.45) is 0 Å². The number of amides is 3. The lowest BCUT2D eigenvalue weighted by atomic mass is 10.0. The number of aryl methyl sites for hydroxylation is 3. The third-order valence-electron chi connectivity index (χ3n) is 5.69. The molecular formula is C26H25N3O3. The molecule has 1 unspecified atom stereocenters. The average Bonchev–Trinajstić information content (AvgIpc) is 2.76. The first-order chi connectivity index (χ1) is 15.3. The molecule has 1 aliphatic rings. The van der Waals surface area contributed by atoms with Crippen LogP contribution in [-0.4, -0.2) is 23.8 Å². The first kappa shape index (κ1) is 21.3. The number of anilines is 3. The number of rotatable bonds is 4. The van der Waals surface area contributed by atoms with Gasteiger partial charge >= 0.3 is 0 Å². The van der Waals surface area contributed by atoms with Crippen LogP contribution in [-0.2, 0) is 9.59 Å². The summed E-state index contributed by atoms with van der Waals surface area (Å²) in [6.07, 6.45) is -0.162. The molecule has 0 aromatic heterocycles. The molecule has 0 saturated carbocycles. The monoisotopic (exact) mass is 427 g/mol. The molecule has 3 aromatic rings. The zero-order valence-electron chi connectivity index (χ0n) is 18.3. The van der Waals surface area contributed by atoms with E-state index in [-0.39, 0.29) is 24.1 Å². The van der Waals surface area contributed by atoms with Gasteiger partial charge in [-0.1, -0.05) is 35.9 Å². The topological polar surface area (TPSA) is 78.5 Å². The van der Waals surface area contributed by atoms with Crippen molar-refractivity contribution >= 4 is 34.8 Å². The Bertz CT molecular complexity index is 1220. The molecule has 0 aliphatic carbocycles. The summed E-state index contributed by atoms with van der Waals surface area (Å²) in [5.41, 5.74) is 5.37. The second kappa shape index (κ2) is 8.67. The van der Waals surface area contributed by atoms with E-state index in [1.165, 1.54) is 4.90 Å². The van der Waals surface area contributed by atoms with Gasteiger partial charge in [0.2, 0.25) is 11.8 Å². The van der Waals surface area contributed by atoms with E-state index in [2.05, 4.69) is 10.6 Å². The molecule has 0 saturated heterocycles. The Balaban J connectivity index is 1.65. The van der Waals surface area contributed by atoms with Gasteiger partial charge in [0.05, 0.1) is 17.8 Å². The van der Waals surface area contributed by atoms with Crippen LogP contribution in [0.4, 0.5) is 17.1 Å². The van der Waals surface area contributed by atoms with E-state index in [4.69, 9.17) is 0 Å². The van der Waals surface area contributed by atoms with Crippen molar-refractivity contribution in [3.63, 3.8) is 0 Å². The summed E-state index contributed by atoms with van der Waals surface area (Å²) in [5.74, 6) is -1.05. The molecular weight excluding hydrogens is 402 g/mol. The van der Waals surface area contributed by atoms with E-state index in [1.807, 2.05) is 45.0 Å². The minimum absolute atomic E-state index is 0.162. The molecule has 32 heavy (non-hydrogen) atoms. The van der Waals surface area contributed by atoms with Crippen LogP contribution in [0.5, 0.6) is 0 Å². The number of fused-ring (bicyclic) bond motifs is 1. The smallest absolute Gasteiger partial charge is 0.259 e. The fraction of sp³-hybridized carbons (Fsp3) is 0.192. The molecule has 1 atom stereocenters. The molecule has 0 spiro atoms. The first-order valence-electron chi connectivity index (χ1n) is 10.5. The average molecular weight is 428 g/mol. The van der Waals surface area contributed by atoms with Crippen LogP contribution >= 0.6 is 0 Å². The van der Waals surface area contributed by atoms with Crippen molar-refractivity contribution in [1.29, 1.82) is 0 Å². The minimum Gasteiger partial charge on any atom is -0.326 e. The van der Waals surface area contributed by atoms with Gasteiger partial charge < -0.3 is 10.6 Å². The van der Waals surface area contributed by atoms with E-state index in [1.54, 1.807) is 42.5 Å². The highest BCUT2D eigenvalue weighted by atomic mass is 16.2. The Morgan fingerprint density at radius 2 is 1.72 bits per heavy atom. The minimum atomic E-state index is -0.968. The summed E-state index contributed by atoms with van der Waals surface area (Å²) in [6.45, 7) is 5.88. The molecule has 0 bridgehead atoms. The van der Waals surface area contributed by atoms with Crippen molar-refractivity contribution in [2.45, 2.75) is 33.2 Å². The van der Waals surface area contributed by atoms with Crippen LogP contribution in [0.2, 0.25) is 0 Å². The molecule has 1 aliphatic heterocycles. The van der Waals surface area contributed by atoms with Gasteiger partial charge in [-0.15, -0.1) is 0 Å². The quantitative estimate of drug-likeness (QED) is 0.638. The standard InChI is InChI=1S/C26H25N3O3/c1-16-7-6-8-19(13-16)26(32)29-22-10-5-4-9-21(22)28-25(31)23(29)15-24(30)27-20-12-11-17(2)18(3)14-20/h4-14,23H,15H2,1-3H3,(H,27,30)(H,28,31). The summed E-state index contributed by atoms with van der Waals surface area (Å²) in [6, 6.07) is 19.0. The van der Waals surface area contributed by atoms with Crippen molar-refractivity contribution < 1.29 is 14.4 Å². The van der Waals surface area contributed by atoms with Gasteiger partial charge in [-0.3, -0.25) is 19.3 Å². The van der Waals surface area contributed by atoms with Gasteiger partial charge in [0, 0.05) is 11.3 Å². The fourth-order valence-electron chi connectivity index (χ4n) is 3.85. The second-order valence-corrected chi connectivity index (χ2v) is 8.12. The largest absolute Gasteiger partial charge is 0.326 e. The summed E-state index contributed by atoms with van der Waals surface area (Å²) in [5, 5.41) is 5.68. The van der Waals surface area contributed by atoms with Crippen molar-refractivity contribution in [1.82, 2.24) is 0 Å². The van der Waals surface area contributed by atoms with E-state index in [9.17, 15) is 14.4 Å².